The lowest BCUT2D eigenvalue weighted by Crippen LogP contribution is -2.04. The maximum Gasteiger partial charge on any atom is 0.164 e. The van der Waals surface area contributed by atoms with Gasteiger partial charge in [0.15, 0.2) is 5.65 Å². The number of halogens is 3. The largest absolute Gasteiger partial charge is 0.279 e. The van der Waals surface area contributed by atoms with Crippen molar-refractivity contribution >= 4 is 46.0 Å². The summed E-state index contributed by atoms with van der Waals surface area (Å²) in [5, 5.41) is 1.27. The third-order valence-corrected chi connectivity index (χ3v) is 4.17. The molecule has 3 aromatic rings. The van der Waals surface area contributed by atoms with Crippen molar-refractivity contribution < 1.29 is 0 Å². The van der Waals surface area contributed by atoms with Crippen LogP contribution in [-0.4, -0.2) is 20.4 Å². The minimum Gasteiger partial charge on any atom is -0.279 e. The lowest BCUT2D eigenvalue weighted by Gasteiger charge is -2.11. The molecule has 0 unspecified atom stereocenters. The zero-order chi connectivity index (χ0) is 15.0. The van der Waals surface area contributed by atoms with Crippen LogP contribution in [0.1, 0.15) is 11.4 Å². The highest BCUT2D eigenvalue weighted by Gasteiger charge is 2.16. The van der Waals surface area contributed by atoms with Gasteiger partial charge in [0.1, 0.15) is 11.3 Å². The van der Waals surface area contributed by atoms with E-state index in [2.05, 4.69) is 9.97 Å². The van der Waals surface area contributed by atoms with Crippen molar-refractivity contribution in [2.24, 2.45) is 0 Å². The Hall–Kier alpha value is -1.29. The summed E-state index contributed by atoms with van der Waals surface area (Å²) in [7, 11) is 0. The van der Waals surface area contributed by atoms with Crippen molar-refractivity contribution in [1.29, 1.82) is 0 Å². The van der Waals surface area contributed by atoms with Gasteiger partial charge in [-0.1, -0.05) is 23.2 Å². The van der Waals surface area contributed by atoms with Gasteiger partial charge in [0, 0.05) is 23.5 Å². The Labute approximate surface area is 137 Å². The number of pyridine rings is 1. The quantitative estimate of drug-likeness (QED) is 0.640. The van der Waals surface area contributed by atoms with Gasteiger partial charge in [-0.3, -0.25) is 4.57 Å². The van der Waals surface area contributed by atoms with E-state index >= 15 is 0 Å². The summed E-state index contributed by atoms with van der Waals surface area (Å²) in [6, 6.07) is 7.46. The summed E-state index contributed by atoms with van der Waals surface area (Å²) in [6.45, 7) is 1.92. The average Bonchev–Trinajstić information content (AvgIpc) is 2.81. The van der Waals surface area contributed by atoms with Gasteiger partial charge in [0.05, 0.1) is 10.7 Å². The molecule has 0 amide bonds. The highest BCUT2D eigenvalue weighted by atomic mass is 35.5. The van der Waals surface area contributed by atoms with Crippen LogP contribution in [0.5, 0.6) is 0 Å². The van der Waals surface area contributed by atoms with Crippen LogP contribution < -0.4 is 0 Å². The van der Waals surface area contributed by atoms with E-state index in [1.807, 2.05) is 35.8 Å². The number of benzene rings is 1. The van der Waals surface area contributed by atoms with Gasteiger partial charge < -0.3 is 0 Å². The van der Waals surface area contributed by atoms with Crippen molar-refractivity contribution in [2.75, 3.05) is 5.88 Å². The van der Waals surface area contributed by atoms with E-state index in [1.54, 1.807) is 6.20 Å². The molecule has 0 fully saturated rings. The van der Waals surface area contributed by atoms with Crippen LogP contribution in [0.15, 0.2) is 30.5 Å². The van der Waals surface area contributed by atoms with Gasteiger partial charge in [0.25, 0.3) is 0 Å². The van der Waals surface area contributed by atoms with E-state index in [0.29, 0.717) is 22.3 Å². The van der Waals surface area contributed by atoms with E-state index in [9.17, 15) is 0 Å². The van der Waals surface area contributed by atoms with E-state index < -0.39 is 0 Å². The molecule has 2 aromatic heterocycles. The lowest BCUT2D eigenvalue weighted by atomic mass is 10.2. The Morgan fingerprint density at radius 1 is 1.19 bits per heavy atom. The molecule has 2 heterocycles. The smallest absolute Gasteiger partial charge is 0.164 e. The first kappa shape index (κ1) is 14.6. The summed E-state index contributed by atoms with van der Waals surface area (Å²) < 4.78 is 1.92. The molecule has 1 aromatic carbocycles. The molecule has 0 aliphatic carbocycles. The maximum atomic E-state index is 6.40. The first-order valence-corrected chi connectivity index (χ1v) is 7.75. The predicted molar refractivity (Wildman–Crippen MR) is 88.0 cm³/mol. The van der Waals surface area contributed by atoms with Crippen molar-refractivity contribution in [2.45, 2.75) is 13.3 Å². The van der Waals surface area contributed by atoms with Crippen molar-refractivity contribution in [1.82, 2.24) is 14.5 Å². The third-order valence-electron chi connectivity index (χ3n) is 3.27. The van der Waals surface area contributed by atoms with Gasteiger partial charge in [-0.05, 0) is 36.8 Å². The molecular weight excluding hydrogens is 329 g/mol. The molecule has 0 aliphatic heterocycles. The Balaban J connectivity index is 2.32. The SMILES string of the molecule is Cc1cc(Cl)c(-n2c(CCCl)nc3cccnc32)cc1Cl. The van der Waals surface area contributed by atoms with Gasteiger partial charge in [-0.25, -0.2) is 9.97 Å². The van der Waals surface area contributed by atoms with Gasteiger partial charge >= 0.3 is 0 Å². The van der Waals surface area contributed by atoms with Gasteiger partial charge in [0.2, 0.25) is 0 Å². The molecule has 3 nitrogen and oxygen atoms in total. The van der Waals surface area contributed by atoms with E-state index in [0.717, 1.165) is 28.2 Å². The molecule has 0 bridgehead atoms. The molecule has 0 radical (unpaired) electrons. The Kier molecular flexibility index (Phi) is 4.07. The fraction of sp³-hybridized carbons (Fsp3) is 0.200. The number of hydrogen-bond acceptors (Lipinski definition) is 2. The molecule has 0 saturated heterocycles. The Morgan fingerprint density at radius 3 is 2.76 bits per heavy atom. The van der Waals surface area contributed by atoms with E-state index in [1.165, 1.54) is 0 Å². The van der Waals surface area contributed by atoms with Crippen LogP contribution in [0, 0.1) is 6.92 Å². The second kappa shape index (κ2) is 5.84. The molecule has 0 spiro atoms. The fourth-order valence-electron chi connectivity index (χ4n) is 2.27. The summed E-state index contributed by atoms with van der Waals surface area (Å²) in [4.78, 5) is 9.00. The van der Waals surface area contributed by atoms with Crippen LogP contribution in [0.25, 0.3) is 16.9 Å². The first-order valence-electron chi connectivity index (χ1n) is 6.46. The summed E-state index contributed by atoms with van der Waals surface area (Å²) >= 11 is 18.5. The second-order valence-corrected chi connectivity index (χ2v) is 5.89. The average molecular weight is 341 g/mol. The van der Waals surface area contributed by atoms with E-state index in [4.69, 9.17) is 34.8 Å². The molecule has 108 valence electrons. The second-order valence-electron chi connectivity index (χ2n) is 4.70. The normalized spacial score (nSPS) is 11.2. The van der Waals surface area contributed by atoms with Crippen LogP contribution in [0.3, 0.4) is 0 Å². The third kappa shape index (κ3) is 2.61. The number of nitrogens with zero attached hydrogens (tertiary/aromatic N) is 3. The number of alkyl halides is 1. The monoisotopic (exact) mass is 339 g/mol. The van der Waals surface area contributed by atoms with Gasteiger partial charge in [-0.15, -0.1) is 11.6 Å². The minimum atomic E-state index is 0.473. The summed E-state index contributed by atoms with van der Waals surface area (Å²) in [5.41, 5.74) is 3.26. The van der Waals surface area contributed by atoms with Crippen molar-refractivity contribution in [3.05, 3.63) is 51.9 Å². The number of imidazole rings is 1. The summed E-state index contributed by atoms with van der Waals surface area (Å²) in [6.07, 6.45) is 2.36. The molecule has 0 N–H and O–H groups in total. The number of rotatable bonds is 3. The molecule has 0 aliphatic rings. The number of hydrogen-bond donors (Lipinski definition) is 0. The van der Waals surface area contributed by atoms with Crippen LogP contribution >= 0.6 is 34.8 Å². The lowest BCUT2D eigenvalue weighted by molar-refractivity contribution is 0.905. The summed E-state index contributed by atoms with van der Waals surface area (Å²) in [5.74, 6) is 1.29. The topological polar surface area (TPSA) is 30.7 Å². The van der Waals surface area contributed by atoms with Crippen molar-refractivity contribution in [3.8, 4) is 5.69 Å². The zero-order valence-electron chi connectivity index (χ0n) is 11.3. The fourth-order valence-corrected chi connectivity index (χ4v) is 2.90. The number of fused-ring (bicyclic) bond motifs is 1. The molecule has 3 rings (SSSR count). The van der Waals surface area contributed by atoms with Crippen LogP contribution in [-0.2, 0) is 6.42 Å². The molecule has 21 heavy (non-hydrogen) atoms. The van der Waals surface area contributed by atoms with Gasteiger partial charge in [-0.2, -0.15) is 0 Å². The van der Waals surface area contributed by atoms with E-state index in [-0.39, 0.29) is 0 Å². The minimum absolute atomic E-state index is 0.473. The predicted octanol–water partition coefficient (Wildman–Crippen LogP) is 4.82. The highest BCUT2D eigenvalue weighted by Crippen LogP contribution is 2.31. The zero-order valence-corrected chi connectivity index (χ0v) is 13.5. The Bertz CT molecular complexity index is 811. The highest BCUT2D eigenvalue weighted by molar-refractivity contribution is 6.35. The number of aromatic nitrogens is 3. The molecular formula is C15H12Cl3N3. The molecule has 6 heteroatoms. The first-order chi connectivity index (χ1) is 10.1. The standard InChI is InChI=1S/C15H12Cl3N3/c1-9-7-11(18)13(8-10(9)17)21-14(4-5-16)20-12-3-2-6-19-15(12)21/h2-3,6-8H,4-5H2,1H3. The Morgan fingerprint density at radius 2 is 2.00 bits per heavy atom. The molecule has 0 atom stereocenters. The number of aryl methyl sites for hydroxylation is 2. The molecule has 0 saturated carbocycles. The van der Waals surface area contributed by atoms with Crippen LogP contribution in [0.4, 0.5) is 0 Å². The van der Waals surface area contributed by atoms with Crippen molar-refractivity contribution in [3.63, 3.8) is 0 Å². The van der Waals surface area contributed by atoms with Crippen LogP contribution in [0.2, 0.25) is 10.0 Å². The maximum absolute atomic E-state index is 6.40.